The highest BCUT2D eigenvalue weighted by molar-refractivity contribution is 5.64. The van der Waals surface area contributed by atoms with Crippen molar-refractivity contribution in [1.29, 1.82) is 0 Å². The zero-order valence-electron chi connectivity index (χ0n) is 15.7. The molecule has 0 saturated heterocycles. The molecule has 0 fully saturated rings. The Balaban J connectivity index is 1.75. The van der Waals surface area contributed by atoms with Crippen molar-refractivity contribution < 1.29 is 8.78 Å². The monoisotopic (exact) mass is 370 g/mol. The van der Waals surface area contributed by atoms with Crippen molar-refractivity contribution in [3.8, 4) is 35.3 Å². The van der Waals surface area contributed by atoms with Gasteiger partial charge in [-0.2, -0.15) is 0 Å². The minimum atomic E-state index is -0.774. The van der Waals surface area contributed by atoms with E-state index in [1.54, 1.807) is 0 Å². The highest BCUT2D eigenvalue weighted by atomic mass is 19.1. The molecule has 0 heterocycles. The van der Waals surface area contributed by atoms with Crippen LogP contribution in [0, 0.1) is 35.8 Å². The van der Waals surface area contributed by atoms with Gasteiger partial charge in [-0.15, -0.1) is 6.42 Å². The lowest BCUT2D eigenvalue weighted by Gasteiger charge is -2.04. The summed E-state index contributed by atoms with van der Waals surface area (Å²) < 4.78 is 27.4. The van der Waals surface area contributed by atoms with Crippen LogP contribution in [0.15, 0.2) is 60.7 Å². The van der Waals surface area contributed by atoms with Gasteiger partial charge in [0.1, 0.15) is 11.6 Å². The van der Waals surface area contributed by atoms with E-state index in [-0.39, 0.29) is 11.1 Å². The van der Waals surface area contributed by atoms with Crippen LogP contribution in [0.25, 0.3) is 11.1 Å². The molecule has 0 bridgehead atoms. The SMILES string of the molecule is C#Cc1c(F)cc(C#Cc2ccc(-c3ccc(CCCC)cc3)cc2)cc1F. The average Bonchev–Trinajstić information content (AvgIpc) is 2.71. The first-order valence-corrected chi connectivity index (χ1v) is 9.27. The summed E-state index contributed by atoms with van der Waals surface area (Å²) in [6.07, 6.45) is 8.59. The fraction of sp³-hybridized carbons (Fsp3) is 0.154. The molecule has 28 heavy (non-hydrogen) atoms. The Hall–Kier alpha value is -3.36. The van der Waals surface area contributed by atoms with E-state index in [1.165, 1.54) is 18.4 Å². The second kappa shape index (κ2) is 9.03. The van der Waals surface area contributed by atoms with Crippen LogP contribution in [0.5, 0.6) is 0 Å². The molecule has 138 valence electrons. The summed E-state index contributed by atoms with van der Waals surface area (Å²) in [5, 5.41) is 0. The van der Waals surface area contributed by atoms with Crippen molar-refractivity contribution in [3.63, 3.8) is 0 Å². The van der Waals surface area contributed by atoms with Crippen molar-refractivity contribution in [1.82, 2.24) is 0 Å². The van der Waals surface area contributed by atoms with Gasteiger partial charge in [-0.25, -0.2) is 8.78 Å². The summed E-state index contributed by atoms with van der Waals surface area (Å²) in [5.74, 6) is 6.16. The van der Waals surface area contributed by atoms with E-state index in [2.05, 4.69) is 43.0 Å². The van der Waals surface area contributed by atoms with E-state index in [1.807, 2.05) is 30.2 Å². The normalized spacial score (nSPS) is 10.1. The van der Waals surface area contributed by atoms with Crippen molar-refractivity contribution >= 4 is 0 Å². The first kappa shape index (κ1) is 19.4. The second-order valence-electron chi connectivity index (χ2n) is 6.59. The second-order valence-corrected chi connectivity index (χ2v) is 6.59. The first-order chi connectivity index (χ1) is 13.6. The summed E-state index contributed by atoms with van der Waals surface area (Å²) in [7, 11) is 0. The number of hydrogen-bond donors (Lipinski definition) is 0. The van der Waals surface area contributed by atoms with Gasteiger partial charge in [0, 0.05) is 11.1 Å². The molecule has 0 nitrogen and oxygen atoms in total. The van der Waals surface area contributed by atoms with Crippen LogP contribution in [-0.2, 0) is 6.42 Å². The van der Waals surface area contributed by atoms with Crippen LogP contribution < -0.4 is 0 Å². The first-order valence-electron chi connectivity index (χ1n) is 9.27. The van der Waals surface area contributed by atoms with Crippen LogP contribution in [-0.4, -0.2) is 0 Å². The minimum absolute atomic E-state index is 0.251. The van der Waals surface area contributed by atoms with Gasteiger partial charge < -0.3 is 0 Å². The lowest BCUT2D eigenvalue weighted by Crippen LogP contribution is -1.91. The summed E-state index contributed by atoms with van der Waals surface area (Å²) in [5.41, 5.74) is 4.25. The molecule has 3 aromatic rings. The smallest absolute Gasteiger partial charge is 0.143 e. The number of aryl methyl sites for hydroxylation is 1. The Morgan fingerprint density at radius 1 is 0.786 bits per heavy atom. The van der Waals surface area contributed by atoms with Gasteiger partial charge in [0.25, 0.3) is 0 Å². The Morgan fingerprint density at radius 2 is 1.32 bits per heavy atom. The third kappa shape index (κ3) is 4.67. The molecule has 2 heteroatoms. The Morgan fingerprint density at radius 3 is 1.86 bits per heavy atom. The van der Waals surface area contributed by atoms with Crippen LogP contribution in [0.3, 0.4) is 0 Å². The largest absolute Gasteiger partial charge is 0.205 e. The van der Waals surface area contributed by atoms with Gasteiger partial charge in [0.15, 0.2) is 0 Å². The molecule has 0 amide bonds. The predicted octanol–water partition coefficient (Wildman–Crippen LogP) is 6.36. The van der Waals surface area contributed by atoms with Gasteiger partial charge in [0.2, 0.25) is 0 Å². The summed E-state index contributed by atoms with van der Waals surface area (Å²) in [6.45, 7) is 2.19. The van der Waals surface area contributed by atoms with Gasteiger partial charge >= 0.3 is 0 Å². The van der Waals surface area contributed by atoms with Crippen LogP contribution in [0.2, 0.25) is 0 Å². The highest BCUT2D eigenvalue weighted by Crippen LogP contribution is 2.21. The van der Waals surface area contributed by atoms with Gasteiger partial charge in [-0.3, -0.25) is 0 Å². The van der Waals surface area contributed by atoms with Crippen molar-refractivity contribution in [2.24, 2.45) is 0 Å². The zero-order valence-corrected chi connectivity index (χ0v) is 15.7. The quantitative estimate of drug-likeness (QED) is 0.469. The maximum absolute atomic E-state index is 13.7. The van der Waals surface area contributed by atoms with E-state index in [0.29, 0.717) is 0 Å². The average molecular weight is 370 g/mol. The fourth-order valence-electron chi connectivity index (χ4n) is 2.92. The number of halogens is 2. The molecule has 0 aliphatic heterocycles. The summed E-state index contributed by atoms with van der Waals surface area (Å²) in [6, 6.07) is 18.7. The van der Waals surface area contributed by atoms with Crippen molar-refractivity contribution in [3.05, 3.63) is 94.6 Å². The lowest BCUT2D eigenvalue weighted by molar-refractivity contribution is 0.577. The number of terminal acetylenes is 1. The maximum Gasteiger partial charge on any atom is 0.143 e. The maximum atomic E-state index is 13.7. The molecular formula is C26H20F2. The van der Waals surface area contributed by atoms with E-state index >= 15 is 0 Å². The molecule has 0 radical (unpaired) electrons. The highest BCUT2D eigenvalue weighted by Gasteiger charge is 2.07. The molecule has 0 saturated carbocycles. The van der Waals surface area contributed by atoms with Crippen LogP contribution in [0.4, 0.5) is 8.78 Å². The number of rotatable bonds is 4. The zero-order chi connectivity index (χ0) is 19.9. The molecule has 0 spiro atoms. The van der Waals surface area contributed by atoms with Crippen LogP contribution in [0.1, 0.15) is 42.0 Å². The Bertz CT molecular complexity index is 1030. The molecular weight excluding hydrogens is 350 g/mol. The van der Waals surface area contributed by atoms with E-state index in [9.17, 15) is 8.78 Å². The molecule has 3 rings (SSSR count). The van der Waals surface area contributed by atoms with Crippen molar-refractivity contribution in [2.45, 2.75) is 26.2 Å². The van der Waals surface area contributed by atoms with E-state index in [4.69, 9.17) is 6.42 Å². The Kier molecular flexibility index (Phi) is 6.25. The number of hydrogen-bond acceptors (Lipinski definition) is 0. The molecule has 0 aliphatic carbocycles. The number of unbranched alkanes of at least 4 members (excludes halogenated alkanes) is 1. The standard InChI is InChI=1S/C26H20F2/c1-3-5-6-19-9-13-22(14-10-19)23-15-11-20(12-16-23)7-8-21-17-25(27)24(4-2)26(28)18-21/h2,9-18H,3,5-6H2,1H3. The fourth-order valence-corrected chi connectivity index (χ4v) is 2.92. The third-order valence-corrected chi connectivity index (χ3v) is 4.53. The minimum Gasteiger partial charge on any atom is -0.205 e. The molecule has 3 aromatic carbocycles. The van der Waals surface area contributed by atoms with E-state index in [0.717, 1.165) is 35.2 Å². The number of benzene rings is 3. The molecule has 0 N–H and O–H groups in total. The molecule has 0 aromatic heterocycles. The predicted molar refractivity (Wildman–Crippen MR) is 111 cm³/mol. The van der Waals surface area contributed by atoms with Gasteiger partial charge in [0.05, 0.1) is 5.56 Å². The van der Waals surface area contributed by atoms with Gasteiger partial charge in [-0.05, 0) is 53.8 Å². The summed E-state index contributed by atoms with van der Waals surface area (Å²) >= 11 is 0. The molecule has 0 aliphatic rings. The Labute approximate surface area is 165 Å². The topological polar surface area (TPSA) is 0 Å². The van der Waals surface area contributed by atoms with E-state index < -0.39 is 11.6 Å². The third-order valence-electron chi connectivity index (χ3n) is 4.53. The van der Waals surface area contributed by atoms with Crippen molar-refractivity contribution in [2.75, 3.05) is 0 Å². The molecule has 0 atom stereocenters. The van der Waals surface area contributed by atoms with Gasteiger partial charge in [-0.1, -0.05) is 67.5 Å². The lowest BCUT2D eigenvalue weighted by atomic mass is 10.0. The molecule has 0 unspecified atom stereocenters. The van der Waals surface area contributed by atoms with Crippen LogP contribution >= 0.6 is 0 Å². The summed E-state index contributed by atoms with van der Waals surface area (Å²) in [4.78, 5) is 0.